The van der Waals surface area contributed by atoms with Crippen molar-refractivity contribution in [2.45, 2.75) is 33.3 Å². The fraction of sp³-hybridized carbons (Fsp3) is 0.278. The van der Waals surface area contributed by atoms with Crippen molar-refractivity contribution in [1.29, 1.82) is 0 Å². The predicted octanol–water partition coefficient (Wildman–Crippen LogP) is 3.62. The molecule has 1 aromatic carbocycles. The highest BCUT2D eigenvalue weighted by molar-refractivity contribution is 5.69. The number of nitrogens with zero attached hydrogens (tertiary/aromatic N) is 2. The molecule has 0 bridgehead atoms. The SMILES string of the molecule is Cc1noc(C)c1CCC(=O)OCc1cc(-c2ccccc2)on1. The number of aromatic nitrogens is 2. The van der Waals surface area contributed by atoms with Crippen LogP contribution in [-0.2, 0) is 22.6 Å². The molecule has 0 aliphatic rings. The molecule has 0 radical (unpaired) electrons. The fourth-order valence-electron chi connectivity index (χ4n) is 2.43. The summed E-state index contributed by atoms with van der Waals surface area (Å²) in [5.41, 5.74) is 3.28. The zero-order valence-corrected chi connectivity index (χ0v) is 13.6. The lowest BCUT2D eigenvalue weighted by Crippen LogP contribution is -2.06. The van der Waals surface area contributed by atoms with Crippen LogP contribution in [0.3, 0.4) is 0 Å². The monoisotopic (exact) mass is 326 g/mol. The molecule has 0 unspecified atom stereocenters. The van der Waals surface area contributed by atoms with Gasteiger partial charge in [0.05, 0.1) is 5.69 Å². The van der Waals surface area contributed by atoms with E-state index >= 15 is 0 Å². The Hall–Kier alpha value is -2.89. The molecule has 0 aliphatic carbocycles. The van der Waals surface area contributed by atoms with E-state index in [1.165, 1.54) is 0 Å². The van der Waals surface area contributed by atoms with Gasteiger partial charge in [-0.05, 0) is 20.3 Å². The van der Waals surface area contributed by atoms with Crippen LogP contribution in [0.5, 0.6) is 0 Å². The Balaban J connectivity index is 1.51. The Kier molecular flexibility index (Phi) is 4.74. The summed E-state index contributed by atoms with van der Waals surface area (Å²) in [7, 11) is 0. The lowest BCUT2D eigenvalue weighted by Gasteiger charge is -2.02. The second-order valence-corrected chi connectivity index (χ2v) is 5.51. The average Bonchev–Trinajstić information content (AvgIpc) is 3.19. The van der Waals surface area contributed by atoms with E-state index in [4.69, 9.17) is 13.8 Å². The van der Waals surface area contributed by atoms with Crippen molar-refractivity contribution in [3.05, 3.63) is 59.1 Å². The smallest absolute Gasteiger partial charge is 0.306 e. The van der Waals surface area contributed by atoms with Crippen LogP contribution in [0.4, 0.5) is 0 Å². The molecule has 124 valence electrons. The first-order chi connectivity index (χ1) is 11.6. The van der Waals surface area contributed by atoms with Gasteiger partial charge in [0.1, 0.15) is 18.1 Å². The van der Waals surface area contributed by atoms with Gasteiger partial charge in [0.2, 0.25) is 0 Å². The van der Waals surface area contributed by atoms with Crippen molar-refractivity contribution < 1.29 is 18.6 Å². The van der Waals surface area contributed by atoms with E-state index in [0.29, 0.717) is 17.9 Å². The summed E-state index contributed by atoms with van der Waals surface area (Å²) in [6.45, 7) is 3.79. The first-order valence-corrected chi connectivity index (χ1v) is 7.72. The van der Waals surface area contributed by atoms with Crippen molar-refractivity contribution >= 4 is 5.97 Å². The summed E-state index contributed by atoms with van der Waals surface area (Å²) in [4.78, 5) is 11.9. The third-order valence-electron chi connectivity index (χ3n) is 3.76. The largest absolute Gasteiger partial charge is 0.459 e. The van der Waals surface area contributed by atoms with Gasteiger partial charge >= 0.3 is 5.97 Å². The lowest BCUT2D eigenvalue weighted by molar-refractivity contribution is -0.145. The minimum atomic E-state index is -0.292. The van der Waals surface area contributed by atoms with Crippen LogP contribution >= 0.6 is 0 Å². The van der Waals surface area contributed by atoms with E-state index in [1.54, 1.807) is 6.07 Å². The topological polar surface area (TPSA) is 78.4 Å². The average molecular weight is 326 g/mol. The van der Waals surface area contributed by atoms with Crippen molar-refractivity contribution in [1.82, 2.24) is 10.3 Å². The maximum absolute atomic E-state index is 11.9. The summed E-state index contributed by atoms with van der Waals surface area (Å²) < 4.78 is 15.6. The number of benzene rings is 1. The van der Waals surface area contributed by atoms with E-state index in [2.05, 4.69) is 10.3 Å². The quantitative estimate of drug-likeness (QED) is 0.644. The van der Waals surface area contributed by atoms with Gasteiger partial charge in [-0.3, -0.25) is 4.79 Å². The first kappa shape index (κ1) is 16.0. The van der Waals surface area contributed by atoms with Gasteiger partial charge in [0.25, 0.3) is 0 Å². The molecular weight excluding hydrogens is 308 g/mol. The first-order valence-electron chi connectivity index (χ1n) is 7.72. The Bertz CT molecular complexity index is 801. The maximum atomic E-state index is 11.9. The number of hydrogen-bond acceptors (Lipinski definition) is 6. The molecule has 0 fully saturated rings. The van der Waals surface area contributed by atoms with Gasteiger partial charge < -0.3 is 13.8 Å². The molecule has 0 saturated carbocycles. The third kappa shape index (κ3) is 3.71. The Morgan fingerprint density at radius 3 is 2.62 bits per heavy atom. The number of ether oxygens (including phenoxy) is 1. The Labute approximate surface area is 139 Å². The summed E-state index contributed by atoms with van der Waals surface area (Å²) >= 11 is 0. The minimum absolute atomic E-state index is 0.0940. The summed E-state index contributed by atoms with van der Waals surface area (Å²) in [5.74, 6) is 1.10. The second kappa shape index (κ2) is 7.12. The molecule has 2 heterocycles. The highest BCUT2D eigenvalue weighted by Crippen LogP contribution is 2.20. The highest BCUT2D eigenvalue weighted by atomic mass is 16.5. The van der Waals surface area contributed by atoms with Crippen LogP contribution in [0.1, 0.15) is 29.1 Å². The van der Waals surface area contributed by atoms with Gasteiger partial charge in [0.15, 0.2) is 5.76 Å². The number of rotatable bonds is 6. The third-order valence-corrected chi connectivity index (χ3v) is 3.76. The predicted molar refractivity (Wildman–Crippen MR) is 86.0 cm³/mol. The van der Waals surface area contributed by atoms with Crippen molar-refractivity contribution in [2.24, 2.45) is 0 Å². The van der Waals surface area contributed by atoms with Crippen LogP contribution in [0, 0.1) is 13.8 Å². The molecule has 2 aromatic heterocycles. The molecule has 0 aliphatic heterocycles. The molecule has 3 rings (SSSR count). The number of carbonyl (C=O) groups is 1. The van der Waals surface area contributed by atoms with Gasteiger partial charge in [-0.1, -0.05) is 40.6 Å². The van der Waals surface area contributed by atoms with Gasteiger partial charge in [-0.2, -0.15) is 0 Å². The Morgan fingerprint density at radius 1 is 1.12 bits per heavy atom. The normalized spacial score (nSPS) is 10.8. The van der Waals surface area contributed by atoms with Crippen molar-refractivity contribution in [2.75, 3.05) is 0 Å². The molecule has 6 nitrogen and oxygen atoms in total. The van der Waals surface area contributed by atoms with Gasteiger partial charge in [-0.15, -0.1) is 0 Å². The van der Waals surface area contributed by atoms with E-state index in [-0.39, 0.29) is 19.0 Å². The van der Waals surface area contributed by atoms with E-state index in [1.807, 2.05) is 44.2 Å². The molecule has 0 amide bonds. The maximum Gasteiger partial charge on any atom is 0.306 e. The zero-order valence-electron chi connectivity index (χ0n) is 13.6. The minimum Gasteiger partial charge on any atom is -0.459 e. The molecule has 6 heteroatoms. The highest BCUT2D eigenvalue weighted by Gasteiger charge is 2.13. The van der Waals surface area contributed by atoms with Crippen molar-refractivity contribution in [3.63, 3.8) is 0 Å². The number of aryl methyl sites for hydroxylation is 2. The van der Waals surface area contributed by atoms with Crippen LogP contribution in [0.2, 0.25) is 0 Å². The van der Waals surface area contributed by atoms with Gasteiger partial charge in [0, 0.05) is 23.6 Å². The number of esters is 1. The summed E-state index contributed by atoms with van der Waals surface area (Å²) in [5, 5.41) is 7.80. The number of hydrogen-bond donors (Lipinski definition) is 0. The molecule has 0 N–H and O–H groups in total. The Morgan fingerprint density at radius 2 is 1.92 bits per heavy atom. The molecule has 0 spiro atoms. The van der Waals surface area contributed by atoms with E-state index in [0.717, 1.165) is 22.6 Å². The lowest BCUT2D eigenvalue weighted by atomic mass is 10.1. The standard InChI is InChI=1S/C18H18N2O4/c1-12-16(13(2)23-19-12)8-9-18(21)22-11-15-10-17(24-20-15)14-6-4-3-5-7-14/h3-7,10H,8-9,11H2,1-2H3. The molecule has 24 heavy (non-hydrogen) atoms. The fourth-order valence-corrected chi connectivity index (χ4v) is 2.43. The zero-order chi connectivity index (χ0) is 16.9. The number of carbonyl (C=O) groups excluding carboxylic acids is 1. The van der Waals surface area contributed by atoms with E-state index < -0.39 is 0 Å². The van der Waals surface area contributed by atoms with Crippen LogP contribution in [-0.4, -0.2) is 16.3 Å². The summed E-state index contributed by atoms with van der Waals surface area (Å²) in [6.07, 6.45) is 0.820. The van der Waals surface area contributed by atoms with Gasteiger partial charge in [-0.25, -0.2) is 0 Å². The van der Waals surface area contributed by atoms with E-state index in [9.17, 15) is 4.79 Å². The van der Waals surface area contributed by atoms with Crippen molar-refractivity contribution in [3.8, 4) is 11.3 Å². The van der Waals surface area contributed by atoms with Crippen LogP contribution < -0.4 is 0 Å². The molecule has 0 atom stereocenters. The molecular formula is C18H18N2O4. The van der Waals surface area contributed by atoms with Crippen LogP contribution in [0.25, 0.3) is 11.3 Å². The summed E-state index contributed by atoms with van der Waals surface area (Å²) in [6, 6.07) is 11.4. The molecule has 0 saturated heterocycles. The second-order valence-electron chi connectivity index (χ2n) is 5.51. The van der Waals surface area contributed by atoms with Crippen LogP contribution in [0.15, 0.2) is 45.4 Å². The molecule has 3 aromatic rings.